The first-order valence-electron chi connectivity index (χ1n) is 14.9. The SMILES string of the molecule is COc1ccc(CN2C(=O)CCC(n3c(=O)n(C)c4c(F)c(N5CC(CO[C@@H]6CCN(C(=O)O)C[C@@H]6F)C5)ccc43)C2=O)cc1. The highest BCUT2D eigenvalue weighted by Gasteiger charge is 2.39. The summed E-state index contributed by atoms with van der Waals surface area (Å²) in [4.78, 5) is 54.9. The number of likely N-dealkylation sites (tertiary alicyclic amines) is 2. The van der Waals surface area contributed by atoms with Gasteiger partial charge in [0.1, 0.15) is 23.5 Å². The Bertz CT molecular complexity index is 1680. The normalized spacial score (nSPS) is 22.7. The maximum absolute atomic E-state index is 16.0. The number of anilines is 1. The van der Waals surface area contributed by atoms with E-state index in [9.17, 15) is 23.6 Å². The van der Waals surface area contributed by atoms with Crippen molar-refractivity contribution < 1.29 is 37.7 Å². The fourth-order valence-corrected chi connectivity index (χ4v) is 6.48. The molecule has 3 aliphatic rings. The number of ether oxygens (including phenoxy) is 2. The average molecular weight is 628 g/mol. The standard InChI is InChI=1S/C31H35F2N5O7/c1-34-28-23(38(30(34)41)24-9-10-26(39)37(29(24)40)15-18-3-5-20(44-2)6-4-18)8-7-22(27(28)33)36-13-19(14-36)17-45-25-11-12-35(31(42)43)16-21(25)32/h3-8,19,21,24-25H,9-17H2,1-2H3,(H,42,43)/t21-,24?,25+/m0/s1. The van der Waals surface area contributed by atoms with Gasteiger partial charge in [-0.25, -0.2) is 18.4 Å². The molecule has 45 heavy (non-hydrogen) atoms. The third-order valence-corrected chi connectivity index (χ3v) is 9.05. The van der Waals surface area contributed by atoms with Crippen LogP contribution in [0.15, 0.2) is 41.2 Å². The molecule has 6 rings (SSSR count). The highest BCUT2D eigenvalue weighted by molar-refractivity contribution is 6.00. The van der Waals surface area contributed by atoms with Gasteiger partial charge in [0.2, 0.25) is 5.91 Å². The van der Waals surface area contributed by atoms with E-state index in [1.807, 2.05) is 4.90 Å². The van der Waals surface area contributed by atoms with Crippen LogP contribution in [0.4, 0.5) is 19.3 Å². The number of carboxylic acid groups (broad SMARTS) is 1. The monoisotopic (exact) mass is 627 g/mol. The molecule has 1 unspecified atom stereocenters. The number of hydrogen-bond acceptors (Lipinski definition) is 7. The number of nitrogens with zero attached hydrogens (tertiary/aromatic N) is 5. The van der Waals surface area contributed by atoms with Gasteiger partial charge in [0, 0.05) is 39.0 Å². The molecule has 12 nitrogen and oxygen atoms in total. The number of rotatable bonds is 8. The Labute approximate surface area is 257 Å². The molecule has 3 amide bonds. The molecule has 3 aromatic rings. The number of imide groups is 1. The summed E-state index contributed by atoms with van der Waals surface area (Å²) in [5, 5.41) is 9.06. The Morgan fingerprint density at radius 1 is 1.04 bits per heavy atom. The molecule has 1 N–H and O–H groups in total. The van der Waals surface area contributed by atoms with Gasteiger partial charge >= 0.3 is 11.8 Å². The summed E-state index contributed by atoms with van der Waals surface area (Å²) in [5.74, 6) is -0.769. The number of aryl methyl sites for hydroxylation is 1. The first-order chi connectivity index (χ1) is 21.6. The summed E-state index contributed by atoms with van der Waals surface area (Å²) in [5.41, 5.74) is 0.807. The summed E-state index contributed by atoms with van der Waals surface area (Å²) in [6.45, 7) is 1.23. The van der Waals surface area contributed by atoms with Crippen LogP contribution in [0.3, 0.4) is 0 Å². The smallest absolute Gasteiger partial charge is 0.407 e. The largest absolute Gasteiger partial charge is 0.497 e. The van der Waals surface area contributed by atoms with Gasteiger partial charge in [-0.2, -0.15) is 0 Å². The number of carbonyl (C=O) groups excluding carboxylic acids is 2. The van der Waals surface area contributed by atoms with Crippen LogP contribution < -0.4 is 15.3 Å². The van der Waals surface area contributed by atoms with Gasteiger partial charge in [0.05, 0.1) is 44.1 Å². The van der Waals surface area contributed by atoms with Gasteiger partial charge in [0.25, 0.3) is 5.91 Å². The summed E-state index contributed by atoms with van der Waals surface area (Å²) in [6.07, 6.45) is -2.76. The maximum atomic E-state index is 16.0. The van der Waals surface area contributed by atoms with Crippen molar-refractivity contribution in [1.29, 1.82) is 0 Å². The number of halogens is 2. The van der Waals surface area contributed by atoms with Crippen molar-refractivity contribution in [2.45, 2.75) is 44.1 Å². The molecule has 3 aliphatic heterocycles. The van der Waals surface area contributed by atoms with Crippen LogP contribution >= 0.6 is 0 Å². The molecule has 3 atom stereocenters. The van der Waals surface area contributed by atoms with Crippen LogP contribution in [0.5, 0.6) is 5.75 Å². The number of fused-ring (bicyclic) bond motifs is 1. The van der Waals surface area contributed by atoms with Crippen molar-refractivity contribution in [3.63, 3.8) is 0 Å². The van der Waals surface area contributed by atoms with E-state index < -0.39 is 41.8 Å². The van der Waals surface area contributed by atoms with Gasteiger partial charge in [-0.3, -0.25) is 23.6 Å². The quantitative estimate of drug-likeness (QED) is 0.378. The third kappa shape index (κ3) is 5.62. The lowest BCUT2D eigenvalue weighted by molar-refractivity contribution is -0.151. The van der Waals surface area contributed by atoms with Gasteiger partial charge in [-0.15, -0.1) is 0 Å². The molecule has 240 valence electrons. The van der Waals surface area contributed by atoms with Crippen LogP contribution in [0.1, 0.15) is 30.9 Å². The number of amides is 3. The number of aromatic nitrogens is 2. The molecule has 0 saturated carbocycles. The predicted octanol–water partition coefficient (Wildman–Crippen LogP) is 2.92. The molecule has 0 bridgehead atoms. The molecule has 4 heterocycles. The number of methoxy groups -OCH3 is 1. The lowest BCUT2D eigenvalue weighted by atomic mass is 9.99. The van der Waals surface area contributed by atoms with Crippen molar-refractivity contribution in [3.8, 4) is 5.75 Å². The van der Waals surface area contributed by atoms with E-state index in [0.29, 0.717) is 24.5 Å². The fraction of sp³-hybridized carbons (Fsp3) is 0.484. The Morgan fingerprint density at radius 3 is 2.44 bits per heavy atom. The van der Waals surface area contributed by atoms with Gasteiger partial charge in [0.15, 0.2) is 5.82 Å². The molecule has 0 radical (unpaired) electrons. The van der Waals surface area contributed by atoms with E-state index in [1.165, 1.54) is 16.2 Å². The van der Waals surface area contributed by atoms with E-state index in [0.717, 1.165) is 15.4 Å². The summed E-state index contributed by atoms with van der Waals surface area (Å²) in [6, 6.07) is 9.24. The Hall–Kier alpha value is -4.46. The van der Waals surface area contributed by atoms with Crippen LogP contribution in [-0.2, 0) is 27.9 Å². The zero-order chi connectivity index (χ0) is 32.0. The Kier molecular flexibility index (Phi) is 8.25. The number of benzene rings is 2. The Morgan fingerprint density at radius 2 is 1.78 bits per heavy atom. The predicted molar refractivity (Wildman–Crippen MR) is 159 cm³/mol. The zero-order valence-corrected chi connectivity index (χ0v) is 25.0. The molecular formula is C31H35F2N5O7. The molecular weight excluding hydrogens is 592 g/mol. The molecule has 0 spiro atoms. The van der Waals surface area contributed by atoms with Gasteiger partial charge < -0.3 is 24.4 Å². The molecule has 14 heteroatoms. The highest BCUT2D eigenvalue weighted by Crippen LogP contribution is 2.34. The van der Waals surface area contributed by atoms with Crippen molar-refractivity contribution in [2.24, 2.45) is 13.0 Å². The minimum Gasteiger partial charge on any atom is -0.497 e. The van der Waals surface area contributed by atoms with Crippen molar-refractivity contribution in [2.75, 3.05) is 44.8 Å². The van der Waals surface area contributed by atoms with E-state index in [-0.39, 0.29) is 68.4 Å². The molecule has 0 aliphatic carbocycles. The molecule has 3 fully saturated rings. The number of carbonyl (C=O) groups is 3. The summed E-state index contributed by atoms with van der Waals surface area (Å²) < 4.78 is 43.8. The topological polar surface area (TPSA) is 127 Å². The van der Waals surface area contributed by atoms with Crippen LogP contribution in [0, 0.1) is 11.7 Å². The second kappa shape index (κ2) is 12.1. The van der Waals surface area contributed by atoms with E-state index in [1.54, 1.807) is 43.5 Å². The second-order valence-electron chi connectivity index (χ2n) is 11.9. The summed E-state index contributed by atoms with van der Waals surface area (Å²) in [7, 11) is 3.00. The lowest BCUT2D eigenvalue weighted by Gasteiger charge is -2.42. The van der Waals surface area contributed by atoms with Crippen molar-refractivity contribution >= 4 is 34.6 Å². The maximum Gasteiger partial charge on any atom is 0.407 e. The minimum absolute atomic E-state index is 0.0345. The molecule has 1 aromatic heterocycles. The van der Waals surface area contributed by atoms with Crippen LogP contribution in [0.2, 0.25) is 0 Å². The first kappa shape index (κ1) is 30.6. The lowest BCUT2D eigenvalue weighted by Crippen LogP contribution is -2.52. The number of alkyl halides is 1. The van der Waals surface area contributed by atoms with Gasteiger partial charge in [-0.1, -0.05) is 12.1 Å². The van der Waals surface area contributed by atoms with Crippen LogP contribution in [-0.4, -0.2) is 94.1 Å². The first-order valence-corrected chi connectivity index (χ1v) is 14.9. The number of hydrogen-bond donors (Lipinski definition) is 1. The molecule has 3 saturated heterocycles. The molecule has 2 aromatic carbocycles. The van der Waals surface area contributed by atoms with Gasteiger partial charge in [-0.05, 0) is 42.7 Å². The minimum atomic E-state index is -1.40. The zero-order valence-electron chi connectivity index (χ0n) is 25.0. The number of imidazole rings is 1. The second-order valence-corrected chi connectivity index (χ2v) is 11.9. The van der Waals surface area contributed by atoms with E-state index >= 15 is 4.39 Å². The number of piperidine rings is 2. The fourth-order valence-electron chi connectivity index (χ4n) is 6.48. The van der Waals surface area contributed by atoms with Crippen molar-refractivity contribution in [1.82, 2.24) is 18.9 Å². The van der Waals surface area contributed by atoms with E-state index in [4.69, 9.17) is 14.6 Å². The average Bonchev–Trinajstić information content (AvgIpc) is 3.26. The summed E-state index contributed by atoms with van der Waals surface area (Å²) >= 11 is 0. The van der Waals surface area contributed by atoms with Crippen molar-refractivity contribution in [3.05, 3.63) is 58.3 Å². The van der Waals surface area contributed by atoms with Crippen LogP contribution in [0.25, 0.3) is 11.0 Å². The van der Waals surface area contributed by atoms with E-state index in [2.05, 4.69) is 0 Å². The third-order valence-electron chi connectivity index (χ3n) is 9.05. The Balaban J connectivity index is 1.15. The highest BCUT2D eigenvalue weighted by atomic mass is 19.1.